The standard InChI is InChI=1S/C11H11ClNO/c12-9-6-1-2-7-10(9)13-11(14)8-4-3-5-8/h1,6-8H,3-5H2,(H,13,14). The van der Waals surface area contributed by atoms with Crippen LogP contribution in [0.4, 0.5) is 5.69 Å². The first-order valence-electron chi connectivity index (χ1n) is 4.74. The van der Waals surface area contributed by atoms with Gasteiger partial charge in [-0.1, -0.05) is 24.1 Å². The van der Waals surface area contributed by atoms with Crippen LogP contribution in [0.1, 0.15) is 19.3 Å². The SMILES string of the molecule is O=C(Nc1c[c]ccc1Cl)C1CCC1. The van der Waals surface area contributed by atoms with Gasteiger partial charge in [0.05, 0.1) is 10.7 Å². The van der Waals surface area contributed by atoms with E-state index in [1.54, 1.807) is 18.2 Å². The van der Waals surface area contributed by atoms with Gasteiger partial charge in [-0.15, -0.1) is 0 Å². The van der Waals surface area contributed by atoms with Gasteiger partial charge < -0.3 is 5.32 Å². The molecule has 0 atom stereocenters. The molecular formula is C11H11ClNO. The highest BCUT2D eigenvalue weighted by molar-refractivity contribution is 6.33. The third-order valence-corrected chi connectivity index (χ3v) is 2.87. The normalized spacial score (nSPS) is 16.1. The zero-order valence-electron chi connectivity index (χ0n) is 7.72. The molecule has 1 amide bonds. The average Bonchev–Trinajstić information content (AvgIpc) is 2.05. The molecule has 0 spiro atoms. The molecule has 1 aromatic rings. The summed E-state index contributed by atoms with van der Waals surface area (Å²) in [5.74, 6) is 0.268. The average molecular weight is 209 g/mol. The number of carbonyl (C=O) groups excluding carboxylic acids is 1. The zero-order valence-corrected chi connectivity index (χ0v) is 8.47. The van der Waals surface area contributed by atoms with Crippen LogP contribution in [-0.2, 0) is 4.79 Å². The van der Waals surface area contributed by atoms with Crippen molar-refractivity contribution in [1.29, 1.82) is 0 Å². The van der Waals surface area contributed by atoms with Gasteiger partial charge in [0, 0.05) is 5.92 Å². The molecule has 1 aliphatic rings. The Balaban J connectivity index is 2.03. The van der Waals surface area contributed by atoms with Gasteiger partial charge in [-0.2, -0.15) is 0 Å². The Morgan fingerprint density at radius 2 is 2.36 bits per heavy atom. The highest BCUT2D eigenvalue weighted by Crippen LogP contribution is 2.29. The van der Waals surface area contributed by atoms with Crippen molar-refractivity contribution in [1.82, 2.24) is 0 Å². The predicted molar refractivity (Wildman–Crippen MR) is 56.3 cm³/mol. The monoisotopic (exact) mass is 208 g/mol. The number of anilines is 1. The summed E-state index contributed by atoms with van der Waals surface area (Å²) < 4.78 is 0. The third-order valence-electron chi connectivity index (χ3n) is 2.54. The summed E-state index contributed by atoms with van der Waals surface area (Å²) in [7, 11) is 0. The van der Waals surface area contributed by atoms with E-state index in [1.807, 2.05) is 0 Å². The van der Waals surface area contributed by atoms with Gasteiger partial charge in [0.15, 0.2) is 0 Å². The van der Waals surface area contributed by atoms with Crippen LogP contribution in [0.5, 0.6) is 0 Å². The molecule has 0 heterocycles. The third kappa shape index (κ3) is 1.90. The van der Waals surface area contributed by atoms with Crippen molar-refractivity contribution in [2.75, 3.05) is 5.32 Å². The topological polar surface area (TPSA) is 29.1 Å². The lowest BCUT2D eigenvalue weighted by Gasteiger charge is -2.24. The van der Waals surface area contributed by atoms with E-state index in [0.717, 1.165) is 19.3 Å². The summed E-state index contributed by atoms with van der Waals surface area (Å²) in [6, 6.07) is 8.02. The van der Waals surface area contributed by atoms with Crippen molar-refractivity contribution < 1.29 is 4.79 Å². The van der Waals surface area contributed by atoms with Crippen LogP contribution < -0.4 is 5.32 Å². The lowest BCUT2D eigenvalue weighted by molar-refractivity contribution is -0.122. The highest BCUT2D eigenvalue weighted by atomic mass is 35.5. The van der Waals surface area contributed by atoms with E-state index in [1.165, 1.54) is 0 Å². The summed E-state index contributed by atoms with van der Waals surface area (Å²) >= 11 is 5.90. The Labute approximate surface area is 88.3 Å². The summed E-state index contributed by atoms with van der Waals surface area (Å²) in [6.45, 7) is 0. The maximum absolute atomic E-state index is 11.6. The van der Waals surface area contributed by atoms with Crippen LogP contribution in [0.15, 0.2) is 18.2 Å². The van der Waals surface area contributed by atoms with Gasteiger partial charge >= 0.3 is 0 Å². The number of halogens is 1. The number of rotatable bonds is 2. The van der Waals surface area contributed by atoms with Crippen LogP contribution in [0, 0.1) is 12.0 Å². The van der Waals surface area contributed by atoms with Crippen molar-refractivity contribution in [2.24, 2.45) is 5.92 Å². The van der Waals surface area contributed by atoms with Crippen LogP contribution >= 0.6 is 11.6 Å². The second kappa shape index (κ2) is 4.01. The summed E-state index contributed by atoms with van der Waals surface area (Å²) in [4.78, 5) is 11.6. The number of hydrogen-bond acceptors (Lipinski definition) is 1. The fourth-order valence-electron chi connectivity index (χ4n) is 1.41. The summed E-state index contributed by atoms with van der Waals surface area (Å²) in [6.07, 6.45) is 3.16. The molecule has 0 saturated heterocycles. The van der Waals surface area contributed by atoms with E-state index in [0.29, 0.717) is 10.7 Å². The molecule has 3 heteroatoms. The molecule has 1 saturated carbocycles. The number of carbonyl (C=O) groups is 1. The number of hydrogen-bond donors (Lipinski definition) is 1. The fourth-order valence-corrected chi connectivity index (χ4v) is 1.58. The minimum Gasteiger partial charge on any atom is -0.325 e. The first kappa shape index (κ1) is 9.53. The van der Waals surface area contributed by atoms with Gasteiger partial charge in [0.2, 0.25) is 5.91 Å². The molecule has 1 aromatic carbocycles. The van der Waals surface area contributed by atoms with Crippen molar-refractivity contribution in [3.05, 3.63) is 29.3 Å². The van der Waals surface area contributed by atoms with Crippen LogP contribution in [0.25, 0.3) is 0 Å². The molecule has 2 nitrogen and oxygen atoms in total. The van der Waals surface area contributed by atoms with E-state index >= 15 is 0 Å². The van der Waals surface area contributed by atoms with E-state index in [2.05, 4.69) is 11.4 Å². The molecule has 0 bridgehead atoms. The Morgan fingerprint density at radius 3 is 2.93 bits per heavy atom. The summed E-state index contributed by atoms with van der Waals surface area (Å²) in [5.41, 5.74) is 0.658. The van der Waals surface area contributed by atoms with E-state index < -0.39 is 0 Å². The van der Waals surface area contributed by atoms with E-state index in [-0.39, 0.29) is 11.8 Å². The van der Waals surface area contributed by atoms with Gasteiger partial charge in [0.1, 0.15) is 0 Å². The molecule has 1 aliphatic carbocycles. The lowest BCUT2D eigenvalue weighted by Crippen LogP contribution is -2.28. The minimum atomic E-state index is 0.0813. The maximum Gasteiger partial charge on any atom is 0.227 e. The Morgan fingerprint density at radius 1 is 1.57 bits per heavy atom. The maximum atomic E-state index is 11.6. The zero-order chi connectivity index (χ0) is 9.97. The fraction of sp³-hybridized carbons (Fsp3) is 0.364. The summed E-state index contributed by atoms with van der Waals surface area (Å²) in [5, 5.41) is 3.38. The van der Waals surface area contributed by atoms with E-state index in [9.17, 15) is 4.79 Å². The Hall–Kier alpha value is -1.02. The molecule has 14 heavy (non-hydrogen) atoms. The second-order valence-electron chi connectivity index (χ2n) is 3.52. The first-order valence-corrected chi connectivity index (χ1v) is 5.11. The molecular weight excluding hydrogens is 198 g/mol. The van der Waals surface area contributed by atoms with Crippen molar-refractivity contribution in [2.45, 2.75) is 19.3 Å². The molecule has 2 rings (SSSR count). The molecule has 0 aliphatic heterocycles. The number of benzene rings is 1. The van der Waals surface area contributed by atoms with Crippen molar-refractivity contribution in [3.63, 3.8) is 0 Å². The highest BCUT2D eigenvalue weighted by Gasteiger charge is 2.25. The van der Waals surface area contributed by atoms with Crippen LogP contribution in [0.2, 0.25) is 5.02 Å². The first-order chi connectivity index (χ1) is 6.77. The van der Waals surface area contributed by atoms with Crippen molar-refractivity contribution >= 4 is 23.2 Å². The van der Waals surface area contributed by atoms with Crippen molar-refractivity contribution in [3.8, 4) is 0 Å². The van der Waals surface area contributed by atoms with Gasteiger partial charge in [0.25, 0.3) is 0 Å². The lowest BCUT2D eigenvalue weighted by atomic mass is 9.85. The largest absolute Gasteiger partial charge is 0.325 e. The van der Waals surface area contributed by atoms with Gasteiger partial charge in [-0.3, -0.25) is 4.79 Å². The second-order valence-corrected chi connectivity index (χ2v) is 3.93. The van der Waals surface area contributed by atoms with Gasteiger partial charge in [-0.05, 0) is 31.0 Å². The van der Waals surface area contributed by atoms with Crippen LogP contribution in [0.3, 0.4) is 0 Å². The quantitative estimate of drug-likeness (QED) is 0.796. The smallest absolute Gasteiger partial charge is 0.227 e. The predicted octanol–water partition coefficient (Wildman–Crippen LogP) is 2.88. The molecule has 0 unspecified atom stereocenters. The molecule has 73 valence electrons. The number of nitrogens with one attached hydrogen (secondary N) is 1. The minimum absolute atomic E-state index is 0.0813. The molecule has 1 fully saturated rings. The Kier molecular flexibility index (Phi) is 2.73. The Bertz CT molecular complexity index is 347. The van der Waals surface area contributed by atoms with Gasteiger partial charge in [-0.25, -0.2) is 0 Å². The van der Waals surface area contributed by atoms with Crippen LogP contribution in [-0.4, -0.2) is 5.91 Å². The molecule has 1 N–H and O–H groups in total. The number of amides is 1. The molecule has 1 radical (unpaired) electrons. The molecule has 0 aromatic heterocycles. The van der Waals surface area contributed by atoms with E-state index in [4.69, 9.17) is 11.6 Å².